The molecule has 0 unspecified atom stereocenters. The molecule has 324 valence electrons. The summed E-state index contributed by atoms with van der Waals surface area (Å²) in [5.74, 6) is 1.99. The van der Waals surface area contributed by atoms with Gasteiger partial charge in [0.05, 0.1) is 13.2 Å². The van der Waals surface area contributed by atoms with Gasteiger partial charge in [-0.05, 0) is 48.6 Å². The molecule has 0 N–H and O–H groups in total. The zero-order valence-electron chi connectivity index (χ0n) is 37.9. The number of ether oxygens (including phenoxy) is 2. The minimum absolute atomic E-state index is 0.767. The second-order valence-electron chi connectivity index (χ2n) is 17.1. The van der Waals surface area contributed by atoms with Gasteiger partial charge in [-0.3, -0.25) is 0 Å². The average Bonchev–Trinajstić information content (AvgIpc) is 3.23. The van der Waals surface area contributed by atoms with Gasteiger partial charge in [-0.2, -0.15) is 0 Å². The predicted octanol–water partition coefficient (Wildman–Crippen LogP) is 18.4. The molecule has 0 spiro atoms. The third kappa shape index (κ3) is 28.1. The van der Waals surface area contributed by atoms with E-state index in [1.165, 1.54) is 198 Å². The summed E-state index contributed by atoms with van der Waals surface area (Å²) < 4.78 is 13.1. The molecule has 0 bridgehead atoms. The molecule has 3 heteroatoms. The molecule has 57 heavy (non-hydrogen) atoms. The maximum absolute atomic E-state index is 6.57. The molecule has 0 aliphatic heterocycles. The van der Waals surface area contributed by atoms with Crippen molar-refractivity contribution in [2.75, 3.05) is 13.2 Å². The molecule has 2 nitrogen and oxygen atoms in total. The van der Waals surface area contributed by atoms with E-state index in [1.807, 2.05) is 18.2 Å². The molecule has 0 atom stereocenters. The molecule has 0 aliphatic rings. The van der Waals surface area contributed by atoms with E-state index in [0.29, 0.717) is 0 Å². The molecule has 0 heterocycles. The van der Waals surface area contributed by atoms with Crippen LogP contribution >= 0.6 is 12.2 Å². The topological polar surface area (TPSA) is 18.5 Å². The van der Waals surface area contributed by atoms with Crippen LogP contribution in [0.5, 0.6) is 11.5 Å². The van der Waals surface area contributed by atoms with Gasteiger partial charge in [-0.25, -0.2) is 0 Å². The van der Waals surface area contributed by atoms with Crippen LogP contribution in [-0.2, 0) is 6.42 Å². The summed E-state index contributed by atoms with van der Waals surface area (Å²) in [4.78, 5) is 0.847. The monoisotopic (exact) mass is 803 g/mol. The third-order valence-electron chi connectivity index (χ3n) is 11.7. The van der Waals surface area contributed by atoms with E-state index in [2.05, 4.69) is 57.2 Å². The van der Waals surface area contributed by atoms with E-state index in [9.17, 15) is 0 Å². The van der Waals surface area contributed by atoms with Gasteiger partial charge in [0.1, 0.15) is 11.5 Å². The van der Waals surface area contributed by atoms with Gasteiger partial charge < -0.3 is 9.47 Å². The fourth-order valence-corrected chi connectivity index (χ4v) is 8.23. The van der Waals surface area contributed by atoms with Gasteiger partial charge in [0.15, 0.2) is 0 Å². The Morgan fingerprint density at radius 3 is 1.11 bits per heavy atom. The van der Waals surface area contributed by atoms with Crippen LogP contribution in [0.1, 0.15) is 249 Å². The number of rotatable bonds is 41. The number of hydrogen-bond acceptors (Lipinski definition) is 3. The zero-order valence-corrected chi connectivity index (χ0v) is 38.7. The summed E-state index contributed by atoms with van der Waals surface area (Å²) in [6.45, 7) is 8.39. The zero-order chi connectivity index (χ0) is 40.7. The van der Waals surface area contributed by atoms with Gasteiger partial charge in [-0.1, -0.05) is 268 Å². The molecule has 0 aromatic heterocycles. The molecular formula is C54H90O2S. The molecule has 0 fully saturated rings. The van der Waals surface area contributed by atoms with Gasteiger partial charge in [0, 0.05) is 10.4 Å². The molecule has 0 radical (unpaired) electrons. The Bertz CT molecular complexity index is 1160. The van der Waals surface area contributed by atoms with Crippen molar-refractivity contribution in [3.05, 3.63) is 65.2 Å². The van der Waals surface area contributed by atoms with E-state index in [0.717, 1.165) is 66.4 Å². The van der Waals surface area contributed by atoms with Crippen molar-refractivity contribution in [2.24, 2.45) is 0 Å². The third-order valence-corrected chi connectivity index (χ3v) is 12.1. The summed E-state index contributed by atoms with van der Waals surface area (Å²) in [6.07, 6.45) is 50.4. The van der Waals surface area contributed by atoms with Crippen molar-refractivity contribution >= 4 is 23.2 Å². The van der Waals surface area contributed by atoms with E-state index in [1.54, 1.807) is 0 Å². The molecule has 0 aliphatic carbocycles. The van der Waals surface area contributed by atoms with Crippen LogP contribution in [-0.4, -0.2) is 18.1 Å². The van der Waals surface area contributed by atoms with Crippen LogP contribution in [0.25, 0.3) is 6.08 Å². The van der Waals surface area contributed by atoms with Gasteiger partial charge >= 0.3 is 0 Å². The quantitative estimate of drug-likeness (QED) is 0.0289. The van der Waals surface area contributed by atoms with Crippen LogP contribution in [0, 0.1) is 0 Å². The second kappa shape index (κ2) is 38.1. The molecule has 2 aromatic rings. The highest BCUT2D eigenvalue weighted by atomic mass is 32.1. The van der Waals surface area contributed by atoms with Crippen LogP contribution in [0.15, 0.2) is 48.5 Å². The Morgan fingerprint density at radius 2 is 0.772 bits per heavy atom. The molecule has 0 saturated carbocycles. The average molecular weight is 803 g/mol. The maximum atomic E-state index is 6.57. The first-order valence-corrected chi connectivity index (χ1v) is 25.3. The van der Waals surface area contributed by atoms with Crippen LogP contribution in [0.2, 0.25) is 0 Å². The molecule has 2 rings (SSSR count). The normalized spacial score (nSPS) is 11.5. The minimum Gasteiger partial charge on any atom is -0.493 e. The van der Waals surface area contributed by atoms with Crippen LogP contribution in [0.4, 0.5) is 0 Å². The maximum Gasteiger partial charge on any atom is 0.126 e. The highest BCUT2D eigenvalue weighted by Gasteiger charge is 2.13. The van der Waals surface area contributed by atoms with E-state index in [4.69, 9.17) is 21.7 Å². The fraction of sp³-hybridized carbons (Fsp3) is 0.722. The smallest absolute Gasteiger partial charge is 0.126 e. The Morgan fingerprint density at radius 1 is 0.439 bits per heavy atom. The van der Waals surface area contributed by atoms with Gasteiger partial charge in [-0.15, -0.1) is 0 Å². The lowest BCUT2D eigenvalue weighted by molar-refractivity contribution is 0.284. The molecule has 0 saturated heterocycles. The summed E-state index contributed by atoms with van der Waals surface area (Å²) in [5, 5.41) is 0. The van der Waals surface area contributed by atoms with Crippen molar-refractivity contribution in [1.82, 2.24) is 0 Å². The van der Waals surface area contributed by atoms with Crippen molar-refractivity contribution in [3.8, 4) is 11.5 Å². The van der Waals surface area contributed by atoms with Gasteiger partial charge in [0.2, 0.25) is 0 Å². The number of allylic oxidation sites excluding steroid dienone is 1. The highest BCUT2D eigenvalue weighted by Crippen LogP contribution is 2.33. The van der Waals surface area contributed by atoms with Crippen molar-refractivity contribution < 1.29 is 9.47 Å². The van der Waals surface area contributed by atoms with Crippen molar-refractivity contribution in [1.29, 1.82) is 0 Å². The van der Waals surface area contributed by atoms with E-state index in [-0.39, 0.29) is 0 Å². The highest BCUT2D eigenvalue weighted by molar-refractivity contribution is 7.81. The fourth-order valence-electron chi connectivity index (χ4n) is 8.03. The number of thiocarbonyl (C=S) groups is 1. The lowest BCUT2D eigenvalue weighted by atomic mass is 10.0. The van der Waals surface area contributed by atoms with Crippen LogP contribution < -0.4 is 9.47 Å². The first-order valence-electron chi connectivity index (χ1n) is 24.9. The SMILES string of the molecule is CCCCCCCCCCCCCCCCCCOc1cc(C=CC(=S)c2ccccc2)cc(OCCCCCCCCCCCCCCCCCC)c1CCC. The molecular weight excluding hydrogens is 713 g/mol. The van der Waals surface area contributed by atoms with Crippen molar-refractivity contribution in [2.45, 2.75) is 239 Å². The summed E-state index contributed by atoms with van der Waals surface area (Å²) >= 11 is 5.76. The largest absolute Gasteiger partial charge is 0.493 e. The Labute approximate surface area is 360 Å². The summed E-state index contributed by atoms with van der Waals surface area (Å²) in [5.41, 5.74) is 3.40. The Kier molecular flexibility index (Phi) is 34.1. The molecule has 2 aromatic carbocycles. The Hall–Kier alpha value is -2.13. The first kappa shape index (κ1) is 51.0. The number of unbranched alkanes of at least 4 members (excludes halogenated alkanes) is 30. The van der Waals surface area contributed by atoms with Crippen molar-refractivity contribution in [3.63, 3.8) is 0 Å². The minimum atomic E-state index is 0.767. The van der Waals surface area contributed by atoms with Gasteiger partial charge in [0.25, 0.3) is 0 Å². The van der Waals surface area contributed by atoms with Crippen LogP contribution in [0.3, 0.4) is 0 Å². The standard InChI is InChI=1S/C54H90O2S/c1-4-7-9-11-13-15-17-19-21-23-25-27-29-31-33-38-45-55-52-47-49(43-44-54(57)50-41-36-35-37-42-50)48-53(51(52)40-6-3)56-46-39-34-32-30-28-26-24-22-20-18-16-14-12-10-8-5-2/h35-37,41-44,47-48H,4-34,38-40,45-46H2,1-3H3. The lowest BCUT2D eigenvalue weighted by Gasteiger charge is -2.18. The number of benzene rings is 2. The number of hydrogen-bond donors (Lipinski definition) is 0. The summed E-state index contributed by atoms with van der Waals surface area (Å²) in [6, 6.07) is 14.7. The van der Waals surface area contributed by atoms with E-state index >= 15 is 0 Å². The van der Waals surface area contributed by atoms with E-state index < -0.39 is 0 Å². The molecule has 0 amide bonds. The Balaban J connectivity index is 1.74. The predicted molar refractivity (Wildman–Crippen MR) is 258 cm³/mol. The lowest BCUT2D eigenvalue weighted by Crippen LogP contribution is -2.05. The first-order chi connectivity index (χ1) is 28.2. The second-order valence-corrected chi connectivity index (χ2v) is 17.6. The summed E-state index contributed by atoms with van der Waals surface area (Å²) in [7, 11) is 0.